The minimum atomic E-state index is 0.689. The van der Waals surface area contributed by atoms with Crippen molar-refractivity contribution in [2.75, 3.05) is 30.4 Å². The van der Waals surface area contributed by atoms with E-state index in [2.05, 4.69) is 28.4 Å². The smallest absolute Gasteiger partial charge is 0.150 e. The molecule has 1 aromatic heterocycles. The van der Waals surface area contributed by atoms with Gasteiger partial charge in [0.15, 0.2) is 6.29 Å². The molecule has 5 nitrogen and oxygen atoms in total. The van der Waals surface area contributed by atoms with E-state index in [0.29, 0.717) is 5.56 Å². The number of aryl methyl sites for hydroxylation is 1. The fourth-order valence-corrected chi connectivity index (χ4v) is 2.45. The molecule has 1 N–H and O–H groups in total. The average Bonchev–Trinajstić information content (AvgIpc) is 2.84. The van der Waals surface area contributed by atoms with Crippen molar-refractivity contribution < 1.29 is 4.79 Å². The zero-order valence-corrected chi connectivity index (χ0v) is 11.1. The molecule has 2 aromatic rings. The molecule has 0 aliphatic carbocycles. The van der Waals surface area contributed by atoms with Crippen LogP contribution in [0.4, 0.5) is 11.4 Å². The number of rotatable bonds is 2. The third-order valence-corrected chi connectivity index (χ3v) is 3.48. The fraction of sp³-hybridized carbons (Fsp3) is 0.286. The summed E-state index contributed by atoms with van der Waals surface area (Å²) in [6, 6.07) is 3.97. The predicted molar refractivity (Wildman–Crippen MR) is 75.8 cm³/mol. The van der Waals surface area contributed by atoms with Gasteiger partial charge in [0.25, 0.3) is 0 Å². The van der Waals surface area contributed by atoms with Crippen LogP contribution in [0.25, 0.3) is 11.1 Å². The Bertz CT molecular complexity index is 632. The molecule has 98 valence electrons. The Kier molecular flexibility index (Phi) is 2.74. The maximum absolute atomic E-state index is 11.3. The van der Waals surface area contributed by atoms with Gasteiger partial charge in [-0.15, -0.1) is 0 Å². The lowest BCUT2D eigenvalue weighted by atomic mass is 10.00. The maximum Gasteiger partial charge on any atom is 0.150 e. The van der Waals surface area contributed by atoms with E-state index in [1.54, 1.807) is 10.9 Å². The number of fused-ring (bicyclic) bond motifs is 1. The third-order valence-electron chi connectivity index (χ3n) is 3.48. The highest BCUT2D eigenvalue weighted by atomic mass is 16.1. The van der Waals surface area contributed by atoms with Gasteiger partial charge in [0.05, 0.1) is 17.6 Å². The van der Waals surface area contributed by atoms with Crippen LogP contribution in [0.15, 0.2) is 24.5 Å². The quantitative estimate of drug-likeness (QED) is 0.832. The number of nitrogens with one attached hydrogen (secondary N) is 1. The van der Waals surface area contributed by atoms with Gasteiger partial charge < -0.3 is 10.2 Å². The summed E-state index contributed by atoms with van der Waals surface area (Å²) in [5.74, 6) is 0. The molecule has 3 rings (SSSR count). The molecule has 0 fully saturated rings. The SMILES string of the molecule is CN1CCNc2cc(C=O)c(-c3cnn(C)c3)cc21. The van der Waals surface area contributed by atoms with Crippen LogP contribution in [0.1, 0.15) is 10.4 Å². The van der Waals surface area contributed by atoms with Crippen molar-refractivity contribution in [3.8, 4) is 11.1 Å². The monoisotopic (exact) mass is 256 g/mol. The van der Waals surface area contributed by atoms with Gasteiger partial charge in [-0.2, -0.15) is 5.10 Å². The lowest BCUT2D eigenvalue weighted by Crippen LogP contribution is -2.30. The number of hydrogen-bond donors (Lipinski definition) is 1. The number of aldehydes is 1. The number of anilines is 2. The molecule has 0 spiro atoms. The zero-order valence-electron chi connectivity index (χ0n) is 11.1. The molecule has 0 amide bonds. The molecule has 0 saturated heterocycles. The first-order chi connectivity index (χ1) is 9.19. The van der Waals surface area contributed by atoms with E-state index >= 15 is 0 Å². The van der Waals surface area contributed by atoms with Crippen molar-refractivity contribution >= 4 is 17.7 Å². The lowest BCUT2D eigenvalue weighted by Gasteiger charge is -2.29. The molecule has 2 heterocycles. The standard InChI is InChI=1S/C14H16N4O/c1-17-4-3-15-13-5-10(9-19)12(6-14(13)17)11-7-16-18(2)8-11/h5-9,15H,3-4H2,1-2H3. The van der Waals surface area contributed by atoms with E-state index in [0.717, 1.165) is 41.9 Å². The van der Waals surface area contributed by atoms with Crippen molar-refractivity contribution in [3.05, 3.63) is 30.1 Å². The molecular formula is C14H16N4O. The van der Waals surface area contributed by atoms with Crippen LogP contribution in [0.3, 0.4) is 0 Å². The van der Waals surface area contributed by atoms with Gasteiger partial charge in [-0.3, -0.25) is 9.48 Å². The van der Waals surface area contributed by atoms with Crippen LogP contribution in [0.5, 0.6) is 0 Å². The van der Waals surface area contributed by atoms with Crippen molar-refractivity contribution in [2.45, 2.75) is 0 Å². The molecule has 0 unspecified atom stereocenters. The molecular weight excluding hydrogens is 240 g/mol. The van der Waals surface area contributed by atoms with E-state index in [9.17, 15) is 4.79 Å². The second-order valence-corrected chi connectivity index (χ2v) is 4.83. The summed E-state index contributed by atoms with van der Waals surface area (Å²) < 4.78 is 1.74. The Hall–Kier alpha value is -2.30. The van der Waals surface area contributed by atoms with E-state index in [4.69, 9.17) is 0 Å². The Morgan fingerprint density at radius 1 is 1.37 bits per heavy atom. The van der Waals surface area contributed by atoms with Gasteiger partial charge in [-0.05, 0) is 17.7 Å². The van der Waals surface area contributed by atoms with Crippen LogP contribution < -0.4 is 10.2 Å². The lowest BCUT2D eigenvalue weighted by molar-refractivity contribution is 0.112. The van der Waals surface area contributed by atoms with E-state index in [-0.39, 0.29) is 0 Å². The van der Waals surface area contributed by atoms with Crippen molar-refractivity contribution in [2.24, 2.45) is 7.05 Å². The second kappa shape index (κ2) is 4.42. The fourth-order valence-electron chi connectivity index (χ4n) is 2.45. The number of carbonyl (C=O) groups excluding carboxylic acids is 1. The van der Waals surface area contributed by atoms with Crippen LogP contribution >= 0.6 is 0 Å². The number of carbonyl (C=O) groups is 1. The first kappa shape index (κ1) is 11.8. The molecule has 19 heavy (non-hydrogen) atoms. The van der Waals surface area contributed by atoms with Crippen LogP contribution in [0, 0.1) is 0 Å². The van der Waals surface area contributed by atoms with Gasteiger partial charge in [-0.25, -0.2) is 0 Å². The number of likely N-dealkylation sites (N-methyl/N-ethyl adjacent to an activating group) is 1. The largest absolute Gasteiger partial charge is 0.382 e. The summed E-state index contributed by atoms with van der Waals surface area (Å²) in [6.45, 7) is 1.86. The predicted octanol–water partition coefficient (Wildman–Crippen LogP) is 1.76. The third kappa shape index (κ3) is 1.97. The van der Waals surface area contributed by atoms with E-state index in [1.807, 2.05) is 19.3 Å². The van der Waals surface area contributed by atoms with Crippen molar-refractivity contribution in [1.29, 1.82) is 0 Å². The highest BCUT2D eigenvalue weighted by molar-refractivity contribution is 5.93. The minimum Gasteiger partial charge on any atom is -0.382 e. The molecule has 0 atom stereocenters. The Morgan fingerprint density at radius 2 is 2.21 bits per heavy atom. The molecule has 1 aliphatic heterocycles. The number of benzene rings is 1. The summed E-state index contributed by atoms with van der Waals surface area (Å²) in [4.78, 5) is 13.5. The molecule has 1 aliphatic rings. The summed E-state index contributed by atoms with van der Waals surface area (Å²) in [7, 11) is 3.93. The first-order valence-electron chi connectivity index (χ1n) is 6.26. The van der Waals surface area contributed by atoms with Gasteiger partial charge in [0.1, 0.15) is 0 Å². The Balaban J connectivity index is 2.18. The van der Waals surface area contributed by atoms with E-state index < -0.39 is 0 Å². The van der Waals surface area contributed by atoms with Crippen LogP contribution in [-0.2, 0) is 7.05 Å². The normalized spacial score (nSPS) is 13.9. The van der Waals surface area contributed by atoms with Crippen LogP contribution in [-0.4, -0.2) is 36.2 Å². The zero-order chi connectivity index (χ0) is 13.4. The van der Waals surface area contributed by atoms with Crippen molar-refractivity contribution in [1.82, 2.24) is 9.78 Å². The van der Waals surface area contributed by atoms with Gasteiger partial charge in [-0.1, -0.05) is 0 Å². The summed E-state index contributed by atoms with van der Waals surface area (Å²) >= 11 is 0. The highest BCUT2D eigenvalue weighted by Crippen LogP contribution is 2.35. The second-order valence-electron chi connectivity index (χ2n) is 4.83. The Labute approximate surface area is 111 Å². The minimum absolute atomic E-state index is 0.689. The summed E-state index contributed by atoms with van der Waals surface area (Å²) in [5, 5.41) is 7.50. The molecule has 0 radical (unpaired) electrons. The molecule has 0 saturated carbocycles. The van der Waals surface area contributed by atoms with E-state index in [1.165, 1.54) is 0 Å². The van der Waals surface area contributed by atoms with Crippen molar-refractivity contribution in [3.63, 3.8) is 0 Å². The number of aromatic nitrogens is 2. The first-order valence-corrected chi connectivity index (χ1v) is 6.26. The van der Waals surface area contributed by atoms with Gasteiger partial charge in [0, 0.05) is 44.5 Å². The van der Waals surface area contributed by atoms with Gasteiger partial charge >= 0.3 is 0 Å². The topological polar surface area (TPSA) is 50.2 Å². The Morgan fingerprint density at radius 3 is 2.89 bits per heavy atom. The molecule has 0 bridgehead atoms. The molecule has 5 heteroatoms. The van der Waals surface area contributed by atoms with Gasteiger partial charge in [0.2, 0.25) is 0 Å². The maximum atomic E-state index is 11.3. The summed E-state index contributed by atoms with van der Waals surface area (Å²) in [6.07, 6.45) is 4.61. The molecule has 1 aromatic carbocycles. The summed E-state index contributed by atoms with van der Waals surface area (Å²) in [5.41, 5.74) is 4.72. The average molecular weight is 256 g/mol. The highest BCUT2D eigenvalue weighted by Gasteiger charge is 2.17. The number of nitrogens with zero attached hydrogens (tertiary/aromatic N) is 3. The van der Waals surface area contributed by atoms with Crippen LogP contribution in [0.2, 0.25) is 0 Å². The number of hydrogen-bond acceptors (Lipinski definition) is 4.